The van der Waals surface area contributed by atoms with Crippen LogP contribution < -0.4 is 0 Å². The van der Waals surface area contributed by atoms with E-state index < -0.39 is 5.97 Å². The third-order valence-electron chi connectivity index (χ3n) is 5.02. The Labute approximate surface area is 143 Å². The smallest absolute Gasteiger partial charge is 0.308 e. The Balaban J connectivity index is 1.53. The summed E-state index contributed by atoms with van der Waals surface area (Å²) < 4.78 is 0. The average molecular weight is 349 g/mol. The molecule has 0 amide bonds. The lowest BCUT2D eigenvalue weighted by molar-refractivity contribution is -0.142. The van der Waals surface area contributed by atoms with Gasteiger partial charge in [-0.1, -0.05) is 29.8 Å². The van der Waals surface area contributed by atoms with E-state index in [9.17, 15) is 9.90 Å². The predicted octanol–water partition coefficient (Wildman–Crippen LogP) is 3.90. The van der Waals surface area contributed by atoms with Crippen molar-refractivity contribution in [2.75, 3.05) is 0 Å². The van der Waals surface area contributed by atoms with Crippen LogP contribution in [0.4, 0.5) is 0 Å². The van der Waals surface area contributed by atoms with Crippen molar-refractivity contribution in [2.45, 2.75) is 37.9 Å². The molecule has 2 aromatic rings. The first-order chi connectivity index (χ1) is 11.1. The molecule has 2 aliphatic rings. The molecular formula is C17H17ClN2O2S. The summed E-state index contributed by atoms with van der Waals surface area (Å²) in [5.41, 5.74) is 1.85. The number of nitrogens with zero attached hydrogens (tertiary/aromatic N) is 2. The van der Waals surface area contributed by atoms with Gasteiger partial charge in [-0.05, 0) is 25.3 Å². The van der Waals surface area contributed by atoms with Gasteiger partial charge in [0, 0.05) is 28.0 Å². The van der Waals surface area contributed by atoms with Crippen LogP contribution in [-0.4, -0.2) is 33.0 Å². The van der Waals surface area contributed by atoms with Crippen molar-refractivity contribution < 1.29 is 9.90 Å². The van der Waals surface area contributed by atoms with E-state index in [1.807, 2.05) is 29.6 Å². The maximum absolute atomic E-state index is 11.4. The van der Waals surface area contributed by atoms with Gasteiger partial charge in [-0.2, -0.15) is 0 Å². The van der Waals surface area contributed by atoms with Crippen LogP contribution in [0.3, 0.4) is 0 Å². The van der Waals surface area contributed by atoms with Gasteiger partial charge in [0.05, 0.1) is 18.2 Å². The van der Waals surface area contributed by atoms with E-state index in [1.165, 1.54) is 0 Å². The molecule has 0 radical (unpaired) electrons. The number of benzene rings is 1. The zero-order chi connectivity index (χ0) is 16.0. The summed E-state index contributed by atoms with van der Waals surface area (Å²) in [6.07, 6.45) is 2.88. The van der Waals surface area contributed by atoms with Crippen LogP contribution in [-0.2, 0) is 11.3 Å². The molecule has 120 valence electrons. The lowest BCUT2D eigenvalue weighted by Gasteiger charge is -2.21. The molecule has 0 aliphatic carbocycles. The number of fused-ring (bicyclic) bond motifs is 2. The number of carbonyl (C=O) groups is 1. The normalized spacial score (nSPS) is 26.7. The molecule has 23 heavy (non-hydrogen) atoms. The summed E-state index contributed by atoms with van der Waals surface area (Å²) in [4.78, 5) is 18.4. The summed E-state index contributed by atoms with van der Waals surface area (Å²) >= 11 is 7.86. The first kappa shape index (κ1) is 15.1. The van der Waals surface area contributed by atoms with E-state index in [2.05, 4.69) is 4.90 Å². The van der Waals surface area contributed by atoms with Crippen LogP contribution in [0.2, 0.25) is 5.02 Å². The van der Waals surface area contributed by atoms with Gasteiger partial charge >= 0.3 is 5.97 Å². The highest BCUT2D eigenvalue weighted by Gasteiger charge is 2.49. The quantitative estimate of drug-likeness (QED) is 0.910. The summed E-state index contributed by atoms with van der Waals surface area (Å²) in [5.74, 6) is -0.866. The third kappa shape index (κ3) is 2.67. The first-order valence-corrected chi connectivity index (χ1v) is 9.07. The predicted molar refractivity (Wildman–Crippen MR) is 90.7 cm³/mol. The second-order valence-corrected chi connectivity index (χ2v) is 7.61. The number of halogens is 1. The number of thiazole rings is 1. The van der Waals surface area contributed by atoms with Gasteiger partial charge in [-0.15, -0.1) is 11.3 Å². The Hall–Kier alpha value is -1.43. The molecule has 4 rings (SSSR count). The zero-order valence-electron chi connectivity index (χ0n) is 12.5. The average Bonchev–Trinajstić information content (AvgIpc) is 3.24. The highest BCUT2D eigenvalue weighted by atomic mass is 35.5. The number of carboxylic acids is 1. The van der Waals surface area contributed by atoms with Crippen LogP contribution in [0.5, 0.6) is 0 Å². The van der Waals surface area contributed by atoms with Crippen molar-refractivity contribution in [3.8, 4) is 11.3 Å². The van der Waals surface area contributed by atoms with Gasteiger partial charge in [0.25, 0.3) is 0 Å². The number of carboxylic acid groups (broad SMARTS) is 1. The molecule has 6 heteroatoms. The van der Waals surface area contributed by atoms with Crippen LogP contribution in [0.25, 0.3) is 11.3 Å². The van der Waals surface area contributed by atoms with E-state index in [0.717, 1.165) is 42.1 Å². The minimum atomic E-state index is -0.655. The molecule has 4 nitrogen and oxygen atoms in total. The molecule has 3 unspecified atom stereocenters. The Kier molecular flexibility index (Phi) is 3.87. The molecule has 0 spiro atoms. The maximum atomic E-state index is 11.4. The van der Waals surface area contributed by atoms with Crippen LogP contribution in [0.15, 0.2) is 29.6 Å². The Morgan fingerprint density at radius 1 is 1.39 bits per heavy atom. The van der Waals surface area contributed by atoms with E-state index >= 15 is 0 Å². The number of hydrogen-bond acceptors (Lipinski definition) is 4. The van der Waals surface area contributed by atoms with Gasteiger partial charge in [-0.25, -0.2) is 4.98 Å². The van der Waals surface area contributed by atoms with Crippen molar-refractivity contribution in [1.29, 1.82) is 0 Å². The molecule has 3 heterocycles. The van der Waals surface area contributed by atoms with E-state index in [-0.39, 0.29) is 12.0 Å². The van der Waals surface area contributed by atoms with Gasteiger partial charge < -0.3 is 5.11 Å². The lowest BCUT2D eigenvalue weighted by Crippen LogP contribution is -2.32. The van der Waals surface area contributed by atoms with Gasteiger partial charge in [0.15, 0.2) is 0 Å². The van der Waals surface area contributed by atoms with Gasteiger partial charge in [0.2, 0.25) is 0 Å². The second-order valence-electron chi connectivity index (χ2n) is 6.26. The lowest BCUT2D eigenvalue weighted by atomic mass is 9.89. The second kappa shape index (κ2) is 5.89. The molecule has 1 aromatic heterocycles. The highest BCUT2D eigenvalue weighted by Crippen LogP contribution is 2.43. The number of rotatable bonds is 4. The van der Waals surface area contributed by atoms with E-state index in [0.29, 0.717) is 11.1 Å². The molecule has 2 bridgehead atoms. The van der Waals surface area contributed by atoms with Crippen molar-refractivity contribution in [3.63, 3.8) is 0 Å². The van der Waals surface area contributed by atoms with Crippen LogP contribution in [0.1, 0.15) is 24.3 Å². The Morgan fingerprint density at radius 2 is 2.22 bits per heavy atom. The SMILES string of the molecule is O=C(O)C1CC2CCC1N2Cc1nc(-c2ccccc2Cl)cs1. The summed E-state index contributed by atoms with van der Waals surface area (Å²) in [5, 5.41) is 13.1. The number of aromatic nitrogens is 1. The van der Waals surface area contributed by atoms with Crippen molar-refractivity contribution in [2.24, 2.45) is 5.92 Å². The molecule has 3 atom stereocenters. The monoisotopic (exact) mass is 348 g/mol. The summed E-state index contributed by atoms with van der Waals surface area (Å²) in [6, 6.07) is 8.28. The van der Waals surface area contributed by atoms with Crippen LogP contribution in [0, 0.1) is 5.92 Å². The fourth-order valence-electron chi connectivity index (χ4n) is 3.95. The fourth-order valence-corrected chi connectivity index (χ4v) is 4.98. The largest absolute Gasteiger partial charge is 0.481 e. The highest BCUT2D eigenvalue weighted by molar-refractivity contribution is 7.09. The molecule has 2 fully saturated rings. The standard InChI is InChI=1S/C17H17ClN2O2S/c18-13-4-2-1-3-11(13)14-9-23-16(19-14)8-20-10-5-6-15(20)12(7-10)17(21)22/h1-4,9-10,12,15H,5-8H2,(H,21,22). The Morgan fingerprint density at radius 3 is 2.96 bits per heavy atom. The van der Waals surface area contributed by atoms with Gasteiger partial charge in [-0.3, -0.25) is 9.69 Å². The molecule has 0 saturated carbocycles. The third-order valence-corrected chi connectivity index (χ3v) is 6.18. The topological polar surface area (TPSA) is 53.4 Å². The van der Waals surface area contributed by atoms with E-state index in [1.54, 1.807) is 11.3 Å². The first-order valence-electron chi connectivity index (χ1n) is 7.81. The van der Waals surface area contributed by atoms with Crippen molar-refractivity contribution >= 4 is 28.9 Å². The molecule has 1 aromatic carbocycles. The van der Waals surface area contributed by atoms with Crippen molar-refractivity contribution in [1.82, 2.24) is 9.88 Å². The van der Waals surface area contributed by atoms with E-state index in [4.69, 9.17) is 16.6 Å². The minimum Gasteiger partial charge on any atom is -0.481 e. The summed E-state index contributed by atoms with van der Waals surface area (Å²) in [6.45, 7) is 0.744. The fraction of sp³-hybridized carbons (Fsp3) is 0.412. The molecule has 2 aliphatic heterocycles. The minimum absolute atomic E-state index is 0.171. The molecule has 1 N–H and O–H groups in total. The zero-order valence-corrected chi connectivity index (χ0v) is 14.1. The molecule has 2 saturated heterocycles. The van der Waals surface area contributed by atoms with Crippen LogP contribution >= 0.6 is 22.9 Å². The number of aliphatic carboxylic acids is 1. The van der Waals surface area contributed by atoms with Gasteiger partial charge in [0.1, 0.15) is 5.01 Å². The number of hydrogen-bond donors (Lipinski definition) is 1. The van der Waals surface area contributed by atoms with Crippen molar-refractivity contribution in [3.05, 3.63) is 39.7 Å². The maximum Gasteiger partial charge on any atom is 0.308 e. The Bertz CT molecular complexity index is 748. The molecular weight excluding hydrogens is 332 g/mol. The summed E-state index contributed by atoms with van der Waals surface area (Å²) in [7, 11) is 0.